The fourth-order valence-electron chi connectivity index (χ4n) is 4.54. The summed E-state index contributed by atoms with van der Waals surface area (Å²) in [5, 5.41) is 14.4. The van der Waals surface area contributed by atoms with E-state index in [1.165, 1.54) is 18.2 Å². The first-order chi connectivity index (χ1) is 17.0. The lowest BCUT2D eigenvalue weighted by Crippen LogP contribution is -2.41. The summed E-state index contributed by atoms with van der Waals surface area (Å²) < 4.78 is 10.1. The third-order valence-electron chi connectivity index (χ3n) is 6.37. The molecule has 0 bridgehead atoms. The second-order valence-corrected chi connectivity index (χ2v) is 8.56. The molecule has 35 heavy (non-hydrogen) atoms. The molecule has 0 saturated heterocycles. The summed E-state index contributed by atoms with van der Waals surface area (Å²) in [7, 11) is 1.19. The minimum Gasteiger partial charge on any atom is -0.480 e. The van der Waals surface area contributed by atoms with Gasteiger partial charge in [-0.05, 0) is 41.5 Å². The van der Waals surface area contributed by atoms with E-state index in [-0.39, 0.29) is 18.9 Å². The molecule has 2 amide bonds. The fourth-order valence-corrected chi connectivity index (χ4v) is 4.54. The Kier molecular flexibility index (Phi) is 7.50. The third kappa shape index (κ3) is 5.71. The van der Waals surface area contributed by atoms with Gasteiger partial charge in [0.15, 0.2) is 0 Å². The second-order valence-electron chi connectivity index (χ2n) is 8.56. The first-order valence-corrected chi connectivity index (χ1v) is 11.5. The van der Waals surface area contributed by atoms with Crippen molar-refractivity contribution in [3.63, 3.8) is 0 Å². The zero-order chi connectivity index (χ0) is 24.8. The van der Waals surface area contributed by atoms with Gasteiger partial charge in [0.25, 0.3) is 0 Å². The summed E-state index contributed by atoms with van der Waals surface area (Å²) in [5.41, 5.74) is 6.60. The van der Waals surface area contributed by atoms with Crippen LogP contribution >= 0.6 is 0 Å². The molecule has 2 aromatic rings. The van der Waals surface area contributed by atoms with Crippen LogP contribution in [0.4, 0.5) is 9.59 Å². The van der Waals surface area contributed by atoms with E-state index >= 15 is 0 Å². The molecule has 0 saturated carbocycles. The van der Waals surface area contributed by atoms with Crippen LogP contribution in [0.2, 0.25) is 0 Å². The van der Waals surface area contributed by atoms with Gasteiger partial charge in [0, 0.05) is 12.5 Å². The third-order valence-corrected chi connectivity index (χ3v) is 6.37. The van der Waals surface area contributed by atoms with Crippen LogP contribution in [0.15, 0.2) is 71.8 Å². The van der Waals surface area contributed by atoms with Crippen molar-refractivity contribution in [1.82, 2.24) is 10.6 Å². The number of carbonyl (C=O) groups excluding carboxylic acids is 2. The summed E-state index contributed by atoms with van der Waals surface area (Å²) >= 11 is 0. The van der Waals surface area contributed by atoms with Gasteiger partial charge in [-0.2, -0.15) is 0 Å². The van der Waals surface area contributed by atoms with E-state index < -0.39 is 24.2 Å². The number of aliphatic carboxylic acids is 1. The number of rotatable bonds is 8. The number of fused-ring (bicyclic) bond motifs is 3. The highest BCUT2D eigenvalue weighted by molar-refractivity contribution is 5.80. The maximum Gasteiger partial charge on any atom is 0.407 e. The zero-order valence-corrected chi connectivity index (χ0v) is 19.5. The molecule has 8 nitrogen and oxygen atoms in total. The Hall–Kier alpha value is -4.07. The van der Waals surface area contributed by atoms with Gasteiger partial charge in [-0.3, -0.25) is 0 Å². The molecule has 0 heterocycles. The van der Waals surface area contributed by atoms with E-state index in [2.05, 4.69) is 39.6 Å². The highest BCUT2D eigenvalue weighted by Gasteiger charge is 2.29. The fraction of sp³-hybridized carbons (Fsp3) is 0.296. The molecule has 2 aliphatic carbocycles. The first kappa shape index (κ1) is 24.1. The lowest BCUT2D eigenvalue weighted by atomic mass is 9.93. The average Bonchev–Trinajstić information content (AvgIpc) is 3.20. The molecule has 4 rings (SSSR count). The van der Waals surface area contributed by atoms with Crippen molar-refractivity contribution in [3.8, 4) is 11.1 Å². The van der Waals surface area contributed by atoms with E-state index in [4.69, 9.17) is 4.74 Å². The SMILES string of the molecule is COC(=O)NC(CC1=CC=C(CNC(=O)OCC2c3ccccc3-c3ccccc32)CC1)C(=O)O. The number of nitrogens with one attached hydrogen (secondary N) is 2. The van der Waals surface area contributed by atoms with Crippen LogP contribution in [0.3, 0.4) is 0 Å². The molecule has 1 unspecified atom stereocenters. The van der Waals surface area contributed by atoms with Crippen LogP contribution in [0.25, 0.3) is 11.1 Å². The number of ether oxygens (including phenoxy) is 2. The topological polar surface area (TPSA) is 114 Å². The van der Waals surface area contributed by atoms with Crippen molar-refractivity contribution in [3.05, 3.63) is 83.0 Å². The molecule has 0 aliphatic heterocycles. The van der Waals surface area contributed by atoms with E-state index in [0.29, 0.717) is 19.4 Å². The largest absolute Gasteiger partial charge is 0.480 e. The van der Waals surface area contributed by atoms with Gasteiger partial charge in [0.2, 0.25) is 0 Å². The second kappa shape index (κ2) is 10.9. The lowest BCUT2D eigenvalue weighted by Gasteiger charge is -2.19. The van der Waals surface area contributed by atoms with Crippen molar-refractivity contribution in [2.24, 2.45) is 0 Å². The van der Waals surface area contributed by atoms with Crippen molar-refractivity contribution in [2.75, 3.05) is 20.3 Å². The van der Waals surface area contributed by atoms with E-state index in [1.54, 1.807) is 0 Å². The number of alkyl carbamates (subject to hydrolysis) is 2. The van der Waals surface area contributed by atoms with Gasteiger partial charge in [0.05, 0.1) is 7.11 Å². The highest BCUT2D eigenvalue weighted by Crippen LogP contribution is 2.44. The quantitative estimate of drug-likeness (QED) is 0.521. The highest BCUT2D eigenvalue weighted by atomic mass is 16.5. The Labute approximate surface area is 203 Å². The number of hydrogen-bond donors (Lipinski definition) is 3. The molecule has 8 heteroatoms. The summed E-state index contributed by atoms with van der Waals surface area (Å²) in [5.74, 6) is -1.11. The summed E-state index contributed by atoms with van der Waals surface area (Å²) in [4.78, 5) is 35.1. The van der Waals surface area contributed by atoms with Gasteiger partial charge in [0.1, 0.15) is 12.6 Å². The number of carbonyl (C=O) groups is 3. The monoisotopic (exact) mass is 476 g/mol. The molecule has 0 spiro atoms. The van der Waals surface area contributed by atoms with Crippen LogP contribution in [-0.4, -0.2) is 49.6 Å². The molecule has 0 fully saturated rings. The van der Waals surface area contributed by atoms with Gasteiger partial charge in [-0.1, -0.05) is 71.8 Å². The number of carboxylic acid groups (broad SMARTS) is 1. The number of benzene rings is 2. The van der Waals surface area contributed by atoms with Gasteiger partial charge in [-0.15, -0.1) is 0 Å². The van der Waals surface area contributed by atoms with Crippen molar-refractivity contribution < 1.29 is 29.0 Å². The smallest absolute Gasteiger partial charge is 0.407 e. The Morgan fingerprint density at radius 2 is 1.54 bits per heavy atom. The van der Waals surface area contributed by atoms with Crippen LogP contribution in [-0.2, 0) is 14.3 Å². The van der Waals surface area contributed by atoms with Gasteiger partial charge in [-0.25, -0.2) is 14.4 Å². The Morgan fingerprint density at radius 1 is 0.943 bits per heavy atom. The molecule has 1 atom stereocenters. The number of allylic oxidation sites excluding steroid dienone is 2. The van der Waals surface area contributed by atoms with E-state index in [1.807, 2.05) is 36.4 Å². The normalized spacial score (nSPS) is 15.1. The lowest BCUT2D eigenvalue weighted by molar-refractivity contribution is -0.139. The molecule has 2 aliphatic rings. The molecular formula is C27H28N2O6. The summed E-state index contributed by atoms with van der Waals surface area (Å²) in [6.45, 7) is 0.607. The molecular weight excluding hydrogens is 448 g/mol. The van der Waals surface area contributed by atoms with E-state index in [9.17, 15) is 19.5 Å². The molecule has 182 valence electrons. The van der Waals surface area contributed by atoms with Crippen LogP contribution < -0.4 is 10.6 Å². The number of carboxylic acids is 1. The predicted molar refractivity (Wildman–Crippen MR) is 130 cm³/mol. The Morgan fingerprint density at radius 3 is 2.11 bits per heavy atom. The number of hydrogen-bond acceptors (Lipinski definition) is 5. The summed E-state index contributed by atoms with van der Waals surface area (Å²) in [6, 6.07) is 15.3. The van der Waals surface area contributed by atoms with Gasteiger partial charge >= 0.3 is 18.2 Å². The standard InChI is InChI=1S/C27H28N2O6/c1-34-27(33)29-24(25(30)31)14-17-10-12-18(13-11-17)15-28-26(32)35-16-23-21-8-4-2-6-19(21)20-7-3-5-9-22(20)23/h2-10,12,23-24H,11,13-16H2,1H3,(H,28,32)(H,29,33)(H,30,31). The first-order valence-electron chi connectivity index (χ1n) is 11.5. The van der Waals surface area contributed by atoms with Crippen molar-refractivity contribution in [2.45, 2.75) is 31.2 Å². The number of methoxy groups -OCH3 is 1. The maximum atomic E-state index is 12.4. The average molecular weight is 477 g/mol. The number of amides is 2. The Bertz CT molecular complexity index is 1140. The minimum atomic E-state index is -1.12. The van der Waals surface area contributed by atoms with Crippen LogP contribution in [0.5, 0.6) is 0 Å². The molecule has 0 aromatic heterocycles. The zero-order valence-electron chi connectivity index (χ0n) is 19.5. The predicted octanol–water partition coefficient (Wildman–Crippen LogP) is 4.37. The van der Waals surface area contributed by atoms with Crippen molar-refractivity contribution >= 4 is 18.2 Å². The molecule has 3 N–H and O–H groups in total. The Balaban J connectivity index is 1.28. The van der Waals surface area contributed by atoms with Crippen LogP contribution in [0, 0.1) is 0 Å². The minimum absolute atomic E-state index is 0.00770. The molecule has 2 aromatic carbocycles. The molecule has 0 radical (unpaired) electrons. The van der Waals surface area contributed by atoms with Crippen LogP contribution in [0.1, 0.15) is 36.3 Å². The van der Waals surface area contributed by atoms with Gasteiger partial charge < -0.3 is 25.2 Å². The van der Waals surface area contributed by atoms with E-state index in [0.717, 1.165) is 22.3 Å². The van der Waals surface area contributed by atoms with Crippen molar-refractivity contribution in [1.29, 1.82) is 0 Å². The maximum absolute atomic E-state index is 12.4. The summed E-state index contributed by atoms with van der Waals surface area (Å²) in [6.07, 6.45) is 3.97.